The number of amides is 1. The average Bonchev–Trinajstić information content (AvgIpc) is 3.43. The average molecular weight is 422 g/mol. The molecule has 0 unspecified atom stereocenters. The molecule has 0 fully saturated rings. The van der Waals surface area contributed by atoms with E-state index in [0.29, 0.717) is 29.3 Å². The minimum atomic E-state index is -0.352. The van der Waals surface area contributed by atoms with Crippen LogP contribution in [0, 0.1) is 6.92 Å². The van der Waals surface area contributed by atoms with Gasteiger partial charge in [-0.3, -0.25) is 4.79 Å². The zero-order chi connectivity index (χ0) is 21.9. The van der Waals surface area contributed by atoms with Gasteiger partial charge in [0.1, 0.15) is 22.8 Å². The van der Waals surface area contributed by atoms with Crippen LogP contribution in [0.1, 0.15) is 33.5 Å². The van der Waals surface area contributed by atoms with Crippen LogP contribution in [-0.4, -0.2) is 21.0 Å². The van der Waals surface area contributed by atoms with Gasteiger partial charge in [-0.15, -0.1) is 0 Å². The molecule has 0 aliphatic heterocycles. The normalized spacial score (nSPS) is 12.0. The number of carbonyl (C=O) groups is 1. The fourth-order valence-corrected chi connectivity index (χ4v) is 3.87. The number of hydrogen-bond donors (Lipinski definition) is 2. The number of rotatable bonds is 6. The topological polar surface area (TPSA) is 83.8 Å². The first kappa shape index (κ1) is 19.8. The molecular weight excluding hydrogens is 400 g/mol. The standard InChI is InChI=1S/C26H22N4O2/c1-17-23(24(30-32-17)19-12-6-3-7-13-19)26(31)29-22(16-18-10-4-2-5-11-18)25-27-20-14-8-9-15-21(20)28-25/h2-15,22H,16H2,1H3,(H,27,28)(H,29,31)/t22-/m0/s1. The largest absolute Gasteiger partial charge is 0.360 e. The van der Waals surface area contributed by atoms with Gasteiger partial charge < -0.3 is 14.8 Å². The molecule has 2 N–H and O–H groups in total. The summed E-state index contributed by atoms with van der Waals surface area (Å²) < 4.78 is 5.39. The number of imidazole rings is 1. The van der Waals surface area contributed by atoms with E-state index >= 15 is 0 Å². The number of hydrogen-bond acceptors (Lipinski definition) is 4. The number of aromatic amines is 1. The van der Waals surface area contributed by atoms with Gasteiger partial charge in [0.05, 0.1) is 17.1 Å². The summed E-state index contributed by atoms with van der Waals surface area (Å²) in [5.74, 6) is 0.937. The van der Waals surface area contributed by atoms with Crippen molar-refractivity contribution in [2.45, 2.75) is 19.4 Å². The van der Waals surface area contributed by atoms with E-state index in [0.717, 1.165) is 22.2 Å². The van der Waals surface area contributed by atoms with Crippen molar-refractivity contribution in [3.63, 3.8) is 0 Å². The summed E-state index contributed by atoms with van der Waals surface area (Å²) in [6.45, 7) is 1.75. The maximum Gasteiger partial charge on any atom is 0.257 e. The minimum absolute atomic E-state index is 0.246. The van der Waals surface area contributed by atoms with Crippen LogP contribution in [0.15, 0.2) is 89.5 Å². The zero-order valence-electron chi connectivity index (χ0n) is 17.6. The van der Waals surface area contributed by atoms with Gasteiger partial charge in [0, 0.05) is 5.56 Å². The molecule has 32 heavy (non-hydrogen) atoms. The number of para-hydroxylation sites is 2. The Kier molecular flexibility index (Phi) is 5.25. The van der Waals surface area contributed by atoms with Gasteiger partial charge in [-0.1, -0.05) is 78.0 Å². The summed E-state index contributed by atoms with van der Waals surface area (Å²) in [5, 5.41) is 7.31. The summed E-state index contributed by atoms with van der Waals surface area (Å²) in [4.78, 5) is 21.6. The fourth-order valence-electron chi connectivity index (χ4n) is 3.87. The molecule has 0 aliphatic rings. The first-order valence-electron chi connectivity index (χ1n) is 10.5. The van der Waals surface area contributed by atoms with E-state index in [2.05, 4.69) is 15.5 Å². The molecule has 2 aromatic heterocycles. The van der Waals surface area contributed by atoms with E-state index in [1.54, 1.807) is 6.92 Å². The van der Waals surface area contributed by atoms with Crippen LogP contribution < -0.4 is 5.32 Å². The van der Waals surface area contributed by atoms with Crippen molar-refractivity contribution in [1.29, 1.82) is 0 Å². The highest BCUT2D eigenvalue weighted by molar-refractivity contribution is 6.01. The van der Waals surface area contributed by atoms with E-state index < -0.39 is 0 Å². The van der Waals surface area contributed by atoms with Crippen molar-refractivity contribution >= 4 is 16.9 Å². The van der Waals surface area contributed by atoms with E-state index in [-0.39, 0.29) is 11.9 Å². The van der Waals surface area contributed by atoms with Crippen LogP contribution in [0.25, 0.3) is 22.3 Å². The Morgan fingerprint density at radius 2 is 1.66 bits per heavy atom. The van der Waals surface area contributed by atoms with Gasteiger partial charge in [0.25, 0.3) is 5.91 Å². The molecule has 1 atom stereocenters. The Morgan fingerprint density at radius 3 is 2.41 bits per heavy atom. The highest BCUT2D eigenvalue weighted by Gasteiger charge is 2.26. The van der Waals surface area contributed by atoms with Crippen LogP contribution in [-0.2, 0) is 6.42 Å². The van der Waals surface area contributed by atoms with Crippen molar-refractivity contribution in [2.75, 3.05) is 0 Å². The van der Waals surface area contributed by atoms with Crippen molar-refractivity contribution in [3.05, 3.63) is 108 Å². The minimum Gasteiger partial charge on any atom is -0.360 e. The lowest BCUT2D eigenvalue weighted by atomic mass is 10.0. The number of H-pyrrole nitrogens is 1. The number of nitrogens with one attached hydrogen (secondary N) is 2. The molecule has 0 saturated carbocycles. The zero-order valence-corrected chi connectivity index (χ0v) is 17.6. The summed E-state index contributed by atoms with van der Waals surface area (Å²) >= 11 is 0. The number of carbonyl (C=O) groups excluding carboxylic acids is 1. The van der Waals surface area contributed by atoms with E-state index in [1.807, 2.05) is 84.9 Å². The Bertz CT molecular complexity index is 1320. The van der Waals surface area contributed by atoms with Gasteiger partial charge in [0.2, 0.25) is 0 Å². The SMILES string of the molecule is Cc1onc(-c2ccccc2)c1C(=O)N[C@@H](Cc1ccccc1)c1nc2ccccc2[nH]1. The lowest BCUT2D eigenvalue weighted by Crippen LogP contribution is -2.31. The highest BCUT2D eigenvalue weighted by atomic mass is 16.5. The van der Waals surface area contributed by atoms with Gasteiger partial charge >= 0.3 is 0 Å². The number of benzene rings is 3. The third-order valence-electron chi connectivity index (χ3n) is 5.46. The van der Waals surface area contributed by atoms with Gasteiger partial charge in [0.15, 0.2) is 0 Å². The van der Waals surface area contributed by atoms with Crippen LogP contribution in [0.5, 0.6) is 0 Å². The van der Waals surface area contributed by atoms with Crippen LogP contribution >= 0.6 is 0 Å². The van der Waals surface area contributed by atoms with Crippen LogP contribution in [0.4, 0.5) is 0 Å². The predicted molar refractivity (Wildman–Crippen MR) is 123 cm³/mol. The Balaban J connectivity index is 1.50. The first-order valence-corrected chi connectivity index (χ1v) is 10.5. The maximum absolute atomic E-state index is 13.5. The second kappa shape index (κ2) is 8.51. The van der Waals surface area contributed by atoms with Gasteiger partial charge in [-0.2, -0.15) is 0 Å². The fraction of sp³-hybridized carbons (Fsp3) is 0.115. The molecule has 0 radical (unpaired) electrons. The summed E-state index contributed by atoms with van der Waals surface area (Å²) in [6, 6.07) is 27.1. The van der Waals surface area contributed by atoms with Gasteiger partial charge in [-0.25, -0.2) is 4.98 Å². The van der Waals surface area contributed by atoms with Crippen molar-refractivity contribution in [3.8, 4) is 11.3 Å². The van der Waals surface area contributed by atoms with E-state index in [1.165, 1.54) is 0 Å². The lowest BCUT2D eigenvalue weighted by molar-refractivity contribution is 0.0934. The number of aryl methyl sites for hydroxylation is 1. The molecule has 0 aliphatic carbocycles. The van der Waals surface area contributed by atoms with E-state index in [4.69, 9.17) is 9.51 Å². The van der Waals surface area contributed by atoms with Crippen LogP contribution in [0.2, 0.25) is 0 Å². The highest BCUT2D eigenvalue weighted by Crippen LogP contribution is 2.27. The third-order valence-corrected chi connectivity index (χ3v) is 5.46. The van der Waals surface area contributed by atoms with Crippen molar-refractivity contribution in [1.82, 2.24) is 20.4 Å². The molecule has 0 bridgehead atoms. The number of aromatic nitrogens is 3. The third kappa shape index (κ3) is 3.90. The monoisotopic (exact) mass is 422 g/mol. The Morgan fingerprint density at radius 1 is 0.969 bits per heavy atom. The maximum atomic E-state index is 13.5. The molecule has 0 saturated heterocycles. The summed E-state index contributed by atoms with van der Waals surface area (Å²) in [5.41, 5.74) is 4.69. The number of nitrogens with zero attached hydrogens (tertiary/aromatic N) is 2. The van der Waals surface area contributed by atoms with Gasteiger partial charge in [-0.05, 0) is 31.0 Å². The molecule has 6 nitrogen and oxygen atoms in total. The second-order valence-corrected chi connectivity index (χ2v) is 7.68. The molecule has 158 valence electrons. The molecular formula is C26H22N4O2. The Hall–Kier alpha value is -4.19. The molecule has 6 heteroatoms. The Labute approximate surface area is 185 Å². The van der Waals surface area contributed by atoms with Crippen molar-refractivity contribution < 1.29 is 9.32 Å². The quantitative estimate of drug-likeness (QED) is 0.392. The molecule has 5 aromatic rings. The van der Waals surface area contributed by atoms with Crippen LogP contribution in [0.3, 0.4) is 0 Å². The predicted octanol–water partition coefficient (Wildman–Crippen LogP) is 5.24. The summed E-state index contributed by atoms with van der Waals surface area (Å²) in [6.07, 6.45) is 0.595. The molecule has 2 heterocycles. The molecule has 0 spiro atoms. The summed E-state index contributed by atoms with van der Waals surface area (Å²) in [7, 11) is 0. The smallest absolute Gasteiger partial charge is 0.257 e. The van der Waals surface area contributed by atoms with Crippen molar-refractivity contribution in [2.24, 2.45) is 0 Å². The van der Waals surface area contributed by atoms with E-state index in [9.17, 15) is 4.79 Å². The lowest BCUT2D eigenvalue weighted by Gasteiger charge is -2.17. The number of fused-ring (bicyclic) bond motifs is 1. The second-order valence-electron chi connectivity index (χ2n) is 7.68. The molecule has 5 rings (SSSR count). The molecule has 1 amide bonds. The first-order chi connectivity index (χ1) is 15.7. The molecule has 3 aromatic carbocycles.